The molecule has 3 heterocycles. The Morgan fingerprint density at radius 2 is 2.00 bits per heavy atom. The van der Waals surface area contributed by atoms with Gasteiger partial charge in [-0.2, -0.15) is 0 Å². The zero-order valence-corrected chi connectivity index (χ0v) is 22.8. The molecule has 1 aliphatic carbocycles. The Balaban J connectivity index is 1.35. The number of carbonyl (C=O) groups excluding carboxylic acids is 2. The van der Waals surface area contributed by atoms with Crippen LogP contribution >= 0.6 is 22.9 Å². The maximum absolute atomic E-state index is 13.0. The van der Waals surface area contributed by atoms with E-state index in [2.05, 4.69) is 25.5 Å². The number of halogens is 1. The lowest BCUT2D eigenvalue weighted by Crippen LogP contribution is -2.61. The number of amides is 1. The minimum atomic E-state index is -0.324. The number of piperidine rings is 1. The van der Waals surface area contributed by atoms with Crippen LogP contribution in [0.2, 0.25) is 5.15 Å². The Labute approximate surface area is 225 Å². The number of H-pyrrole nitrogens is 1. The zero-order valence-electron chi connectivity index (χ0n) is 21.2. The molecule has 11 heteroatoms. The van der Waals surface area contributed by atoms with E-state index < -0.39 is 0 Å². The smallest absolute Gasteiger partial charge is 0.339 e. The number of hydrogen-bond donors (Lipinski definition) is 3. The summed E-state index contributed by atoms with van der Waals surface area (Å²) in [4.78, 5) is 39.9. The van der Waals surface area contributed by atoms with Gasteiger partial charge in [0.1, 0.15) is 0 Å². The fourth-order valence-corrected chi connectivity index (χ4v) is 6.64. The molecule has 5 rings (SSSR count). The zero-order chi connectivity index (χ0) is 25.9. The molecule has 37 heavy (non-hydrogen) atoms. The first kappa shape index (κ1) is 25.9. The van der Waals surface area contributed by atoms with Crippen LogP contribution in [0.5, 0.6) is 0 Å². The van der Waals surface area contributed by atoms with E-state index in [1.807, 2.05) is 19.1 Å². The average Bonchev–Trinajstić information content (AvgIpc) is 3.64. The van der Waals surface area contributed by atoms with Crippen molar-refractivity contribution in [2.75, 3.05) is 24.6 Å². The van der Waals surface area contributed by atoms with Crippen LogP contribution in [0, 0.1) is 0 Å². The summed E-state index contributed by atoms with van der Waals surface area (Å²) in [7, 11) is 0. The highest BCUT2D eigenvalue weighted by atomic mass is 35.5. The number of anilines is 1. The molecule has 1 aliphatic heterocycles. The van der Waals surface area contributed by atoms with Gasteiger partial charge in [-0.05, 0) is 44.7 Å². The number of rotatable bonds is 8. The van der Waals surface area contributed by atoms with Crippen LogP contribution < -0.4 is 15.5 Å². The van der Waals surface area contributed by atoms with Gasteiger partial charge in [-0.25, -0.2) is 14.8 Å². The lowest BCUT2D eigenvalue weighted by atomic mass is 9.98. The van der Waals surface area contributed by atoms with E-state index in [0.717, 1.165) is 46.8 Å². The molecule has 1 saturated carbocycles. The number of benzene rings is 1. The molecular formula is C26H33ClN6O3S. The van der Waals surface area contributed by atoms with Gasteiger partial charge in [0.05, 0.1) is 28.1 Å². The second-order valence-electron chi connectivity index (χ2n) is 9.65. The van der Waals surface area contributed by atoms with Crippen molar-refractivity contribution in [3.05, 3.63) is 40.4 Å². The number of aromatic amines is 1. The first-order valence-electron chi connectivity index (χ1n) is 13.1. The topological polar surface area (TPSA) is 112 Å². The molecule has 3 aromatic rings. The quantitative estimate of drug-likeness (QED) is 0.362. The number of nitrogens with zero attached hydrogens (tertiary/aromatic N) is 3. The van der Waals surface area contributed by atoms with Gasteiger partial charge in [-0.15, -0.1) is 0 Å². The van der Waals surface area contributed by atoms with Crippen LogP contribution in [0.4, 0.5) is 5.13 Å². The SMILES string of the molecule is CCOC(=O)c1cccc2nc(N3CCC(NC(=O)c4nc(Cl)c(CC)[nH]4)C(NC4CCCC4)C3)sc12. The summed E-state index contributed by atoms with van der Waals surface area (Å²) < 4.78 is 6.09. The molecule has 2 unspecified atom stereocenters. The second kappa shape index (κ2) is 11.4. The number of ether oxygens (including phenoxy) is 1. The van der Waals surface area contributed by atoms with Crippen molar-refractivity contribution in [3.8, 4) is 0 Å². The van der Waals surface area contributed by atoms with Crippen LogP contribution in [-0.4, -0.2) is 64.7 Å². The number of hydrogen-bond acceptors (Lipinski definition) is 8. The number of nitrogens with one attached hydrogen (secondary N) is 3. The van der Waals surface area contributed by atoms with Gasteiger partial charge >= 0.3 is 5.97 Å². The van der Waals surface area contributed by atoms with E-state index in [1.54, 1.807) is 13.0 Å². The van der Waals surface area contributed by atoms with Gasteiger partial charge in [0, 0.05) is 31.2 Å². The Hall–Kier alpha value is -2.69. The van der Waals surface area contributed by atoms with Crippen LogP contribution in [0.25, 0.3) is 10.2 Å². The summed E-state index contributed by atoms with van der Waals surface area (Å²) in [5, 5.41) is 8.25. The van der Waals surface area contributed by atoms with E-state index in [0.29, 0.717) is 36.3 Å². The lowest BCUT2D eigenvalue weighted by Gasteiger charge is -2.40. The van der Waals surface area contributed by atoms with Crippen molar-refractivity contribution < 1.29 is 14.3 Å². The summed E-state index contributed by atoms with van der Waals surface area (Å²) in [6.07, 6.45) is 6.19. The third kappa shape index (κ3) is 5.61. The van der Waals surface area contributed by atoms with Crippen LogP contribution in [0.15, 0.2) is 18.2 Å². The third-order valence-electron chi connectivity index (χ3n) is 7.20. The molecule has 1 saturated heterocycles. The highest BCUT2D eigenvalue weighted by Crippen LogP contribution is 2.33. The molecule has 3 N–H and O–H groups in total. The first-order chi connectivity index (χ1) is 18.0. The number of esters is 1. The number of fused-ring (bicyclic) bond motifs is 1. The van der Waals surface area contributed by atoms with Crippen molar-refractivity contribution in [2.24, 2.45) is 0 Å². The van der Waals surface area contributed by atoms with E-state index >= 15 is 0 Å². The molecule has 0 radical (unpaired) electrons. The second-order valence-corrected chi connectivity index (χ2v) is 11.0. The maximum atomic E-state index is 13.0. The molecule has 1 aromatic carbocycles. The molecule has 1 amide bonds. The van der Waals surface area contributed by atoms with Gasteiger partial charge in [0.15, 0.2) is 16.1 Å². The Bertz CT molecular complexity index is 1270. The van der Waals surface area contributed by atoms with E-state index in [-0.39, 0.29) is 29.8 Å². The average molecular weight is 545 g/mol. The molecule has 2 atom stereocenters. The Kier molecular flexibility index (Phi) is 7.97. The number of aryl methyl sites for hydroxylation is 1. The van der Waals surface area contributed by atoms with Crippen molar-refractivity contribution in [2.45, 2.75) is 70.5 Å². The van der Waals surface area contributed by atoms with Crippen molar-refractivity contribution >= 4 is 50.2 Å². The third-order valence-corrected chi connectivity index (χ3v) is 8.68. The number of thiazole rings is 1. The lowest BCUT2D eigenvalue weighted by molar-refractivity contribution is 0.0528. The molecule has 9 nitrogen and oxygen atoms in total. The minimum Gasteiger partial charge on any atom is -0.462 e. The minimum absolute atomic E-state index is 0.0495. The summed E-state index contributed by atoms with van der Waals surface area (Å²) in [5.74, 6) is -0.311. The number of imidazole rings is 1. The van der Waals surface area contributed by atoms with Crippen LogP contribution in [0.3, 0.4) is 0 Å². The largest absolute Gasteiger partial charge is 0.462 e. The maximum Gasteiger partial charge on any atom is 0.339 e. The summed E-state index contributed by atoms with van der Waals surface area (Å²) >= 11 is 7.68. The van der Waals surface area contributed by atoms with Gasteiger partial charge < -0.3 is 25.3 Å². The van der Waals surface area contributed by atoms with E-state index in [1.165, 1.54) is 24.2 Å². The highest BCUT2D eigenvalue weighted by molar-refractivity contribution is 7.22. The van der Waals surface area contributed by atoms with Gasteiger partial charge in [-0.1, -0.05) is 48.8 Å². The number of carbonyl (C=O) groups is 2. The highest BCUT2D eigenvalue weighted by Gasteiger charge is 2.34. The summed E-state index contributed by atoms with van der Waals surface area (Å²) in [6, 6.07) is 6.00. The van der Waals surface area contributed by atoms with Crippen LogP contribution in [0.1, 0.15) is 72.6 Å². The summed E-state index contributed by atoms with van der Waals surface area (Å²) in [6.45, 7) is 5.55. The van der Waals surface area contributed by atoms with Crippen molar-refractivity contribution in [1.82, 2.24) is 25.6 Å². The predicted octanol–water partition coefficient (Wildman–Crippen LogP) is 4.32. The van der Waals surface area contributed by atoms with E-state index in [4.69, 9.17) is 21.3 Å². The molecular weight excluding hydrogens is 512 g/mol. The first-order valence-corrected chi connectivity index (χ1v) is 14.3. The van der Waals surface area contributed by atoms with Crippen LogP contribution in [-0.2, 0) is 11.2 Å². The summed E-state index contributed by atoms with van der Waals surface area (Å²) in [5.41, 5.74) is 2.11. The van der Waals surface area contributed by atoms with E-state index in [9.17, 15) is 9.59 Å². The fourth-order valence-electron chi connectivity index (χ4n) is 5.27. The Morgan fingerprint density at radius 1 is 1.19 bits per heavy atom. The Morgan fingerprint density at radius 3 is 2.73 bits per heavy atom. The van der Waals surface area contributed by atoms with Gasteiger partial charge in [0.2, 0.25) is 0 Å². The molecule has 2 aromatic heterocycles. The predicted molar refractivity (Wildman–Crippen MR) is 146 cm³/mol. The monoisotopic (exact) mass is 544 g/mol. The van der Waals surface area contributed by atoms with Crippen molar-refractivity contribution in [1.29, 1.82) is 0 Å². The molecule has 2 fully saturated rings. The standard InChI is InChI=1S/C26H33ClN6O3S/c1-3-17-22(27)32-23(29-17)24(34)30-18-12-13-33(14-20(18)28-15-8-5-6-9-15)26-31-19-11-7-10-16(21(19)37-26)25(35)36-4-2/h7,10-11,15,18,20,28H,3-6,8-9,12-14H2,1-2H3,(H,29,32)(H,30,34). The fraction of sp³-hybridized carbons (Fsp3) is 0.538. The molecule has 2 aliphatic rings. The molecule has 198 valence electrons. The van der Waals surface area contributed by atoms with Crippen molar-refractivity contribution in [3.63, 3.8) is 0 Å². The molecule has 0 bridgehead atoms. The number of aromatic nitrogens is 3. The molecule has 0 spiro atoms. The normalized spacial score (nSPS) is 20.5. The van der Waals surface area contributed by atoms with Gasteiger partial charge in [-0.3, -0.25) is 4.79 Å². The van der Waals surface area contributed by atoms with Gasteiger partial charge in [0.25, 0.3) is 5.91 Å².